The van der Waals surface area contributed by atoms with Crippen molar-refractivity contribution >= 4 is 44.0 Å². The maximum Gasteiger partial charge on any atom is 0.233 e. The minimum Gasteiger partial charge on any atom is -0.374 e. The SMILES string of the molecule is CC(C)CN(C(=O)CSc1nnc(N)s1)C1CCS(=O)(=O)C1. The Hall–Kier alpha value is -0.870. The van der Waals surface area contributed by atoms with Crippen molar-refractivity contribution in [3.8, 4) is 0 Å². The van der Waals surface area contributed by atoms with E-state index in [9.17, 15) is 13.2 Å². The van der Waals surface area contributed by atoms with Crippen molar-refractivity contribution in [3.63, 3.8) is 0 Å². The van der Waals surface area contributed by atoms with Gasteiger partial charge in [0.15, 0.2) is 14.2 Å². The highest BCUT2D eigenvalue weighted by Gasteiger charge is 2.34. The number of nitrogens with two attached hydrogens (primary N) is 1. The maximum atomic E-state index is 12.5. The van der Waals surface area contributed by atoms with Crippen LogP contribution < -0.4 is 5.73 Å². The first kappa shape index (κ1) is 17.5. The number of rotatable bonds is 6. The molecule has 7 nitrogen and oxygen atoms in total. The lowest BCUT2D eigenvalue weighted by Crippen LogP contribution is -2.44. The van der Waals surface area contributed by atoms with Crippen molar-refractivity contribution in [3.05, 3.63) is 0 Å². The summed E-state index contributed by atoms with van der Waals surface area (Å²) in [6.07, 6.45) is 0.525. The van der Waals surface area contributed by atoms with Gasteiger partial charge in [0.25, 0.3) is 0 Å². The third-order valence-corrected chi connectivity index (χ3v) is 6.89. The Morgan fingerprint density at radius 3 is 2.73 bits per heavy atom. The summed E-state index contributed by atoms with van der Waals surface area (Å²) in [7, 11) is -3.01. The van der Waals surface area contributed by atoms with E-state index in [-0.39, 0.29) is 35.1 Å². The summed E-state index contributed by atoms with van der Waals surface area (Å²) in [6.45, 7) is 4.60. The Morgan fingerprint density at radius 2 is 2.23 bits per heavy atom. The molecule has 1 aromatic heterocycles. The van der Waals surface area contributed by atoms with E-state index in [0.29, 0.717) is 22.4 Å². The largest absolute Gasteiger partial charge is 0.374 e. The average Bonchev–Trinajstić information content (AvgIpc) is 2.98. The zero-order valence-corrected chi connectivity index (χ0v) is 15.0. The molecule has 2 heterocycles. The maximum absolute atomic E-state index is 12.5. The molecule has 0 aromatic carbocycles. The van der Waals surface area contributed by atoms with Crippen LogP contribution in [-0.4, -0.2) is 59.3 Å². The molecule has 124 valence electrons. The number of anilines is 1. The first-order valence-corrected chi connectivity index (χ1v) is 10.6. The Bertz CT molecular complexity index is 629. The van der Waals surface area contributed by atoms with Crippen molar-refractivity contribution in [2.75, 3.05) is 29.5 Å². The first-order chi connectivity index (χ1) is 10.3. The Morgan fingerprint density at radius 1 is 1.50 bits per heavy atom. The molecular formula is C12H20N4O3S3. The van der Waals surface area contributed by atoms with Crippen LogP contribution in [0.15, 0.2) is 4.34 Å². The Balaban J connectivity index is 2.00. The summed E-state index contributed by atoms with van der Waals surface area (Å²) in [4.78, 5) is 14.2. The normalized spacial score (nSPS) is 20.4. The third kappa shape index (κ3) is 4.82. The lowest BCUT2D eigenvalue weighted by molar-refractivity contribution is -0.130. The summed E-state index contributed by atoms with van der Waals surface area (Å²) < 4.78 is 24.0. The van der Waals surface area contributed by atoms with Crippen molar-refractivity contribution in [1.29, 1.82) is 0 Å². The van der Waals surface area contributed by atoms with Crippen LogP contribution in [-0.2, 0) is 14.6 Å². The number of hydrogen-bond acceptors (Lipinski definition) is 8. The molecule has 0 radical (unpaired) electrons. The van der Waals surface area contributed by atoms with Crippen LogP contribution in [0.3, 0.4) is 0 Å². The molecule has 2 N–H and O–H groups in total. The van der Waals surface area contributed by atoms with Gasteiger partial charge in [-0.1, -0.05) is 36.9 Å². The Kier molecular flexibility index (Phi) is 5.67. The minimum absolute atomic E-state index is 0.0606. The van der Waals surface area contributed by atoms with Gasteiger partial charge < -0.3 is 10.6 Å². The standard InChI is InChI=1S/C12H20N4O3S3/c1-8(2)5-16(9-3-4-22(18,19)7-9)10(17)6-20-12-15-14-11(13)21-12/h8-9H,3-7H2,1-2H3,(H2,13,14). The van der Waals surface area contributed by atoms with Crippen molar-refractivity contribution < 1.29 is 13.2 Å². The van der Waals surface area contributed by atoms with Gasteiger partial charge in [-0.05, 0) is 12.3 Å². The summed E-state index contributed by atoms with van der Waals surface area (Å²) >= 11 is 2.53. The molecule has 1 atom stereocenters. The van der Waals surface area contributed by atoms with E-state index in [2.05, 4.69) is 10.2 Å². The van der Waals surface area contributed by atoms with Crippen molar-refractivity contribution in [1.82, 2.24) is 15.1 Å². The van der Waals surface area contributed by atoms with Gasteiger partial charge in [-0.3, -0.25) is 4.79 Å². The van der Waals surface area contributed by atoms with Crippen LogP contribution >= 0.6 is 23.1 Å². The lowest BCUT2D eigenvalue weighted by atomic mass is 10.1. The molecule has 1 aliphatic rings. The highest BCUT2D eigenvalue weighted by molar-refractivity contribution is 8.01. The van der Waals surface area contributed by atoms with Crippen LogP contribution in [0.5, 0.6) is 0 Å². The molecule has 1 fully saturated rings. The van der Waals surface area contributed by atoms with Crippen LogP contribution in [0.25, 0.3) is 0 Å². The minimum atomic E-state index is -3.01. The molecule has 10 heteroatoms. The van der Waals surface area contributed by atoms with E-state index in [1.807, 2.05) is 13.8 Å². The summed E-state index contributed by atoms with van der Waals surface area (Å²) in [6, 6.07) is -0.208. The van der Waals surface area contributed by atoms with E-state index >= 15 is 0 Å². The molecular weight excluding hydrogens is 344 g/mol. The zero-order chi connectivity index (χ0) is 16.3. The second-order valence-corrected chi connectivity index (χ2v) is 10.2. The zero-order valence-electron chi connectivity index (χ0n) is 12.6. The molecule has 22 heavy (non-hydrogen) atoms. The van der Waals surface area contributed by atoms with Gasteiger partial charge in [0, 0.05) is 12.6 Å². The van der Waals surface area contributed by atoms with Gasteiger partial charge in [0.2, 0.25) is 11.0 Å². The molecule has 1 amide bonds. The topological polar surface area (TPSA) is 106 Å². The molecule has 0 saturated carbocycles. The van der Waals surface area contributed by atoms with Crippen LogP contribution in [0.4, 0.5) is 5.13 Å². The fourth-order valence-corrected chi connectivity index (χ4v) is 5.61. The lowest BCUT2D eigenvalue weighted by Gasteiger charge is -2.29. The van der Waals surface area contributed by atoms with Gasteiger partial charge in [0.1, 0.15) is 0 Å². The Labute approximate surface area is 138 Å². The van der Waals surface area contributed by atoms with E-state index in [4.69, 9.17) is 5.73 Å². The predicted molar refractivity (Wildman–Crippen MR) is 88.7 cm³/mol. The fraction of sp³-hybridized carbons (Fsp3) is 0.750. The quantitative estimate of drug-likeness (QED) is 0.747. The number of thioether (sulfide) groups is 1. The average molecular weight is 365 g/mol. The number of nitrogens with zero attached hydrogens (tertiary/aromatic N) is 3. The number of aromatic nitrogens is 2. The smallest absolute Gasteiger partial charge is 0.233 e. The van der Waals surface area contributed by atoms with E-state index in [0.717, 1.165) is 0 Å². The van der Waals surface area contributed by atoms with Gasteiger partial charge in [-0.25, -0.2) is 8.42 Å². The molecule has 0 bridgehead atoms. The second kappa shape index (κ2) is 7.14. The van der Waals surface area contributed by atoms with E-state index in [1.165, 1.54) is 23.1 Å². The predicted octanol–water partition coefficient (Wildman–Crippen LogP) is 0.884. The fourth-order valence-electron chi connectivity index (χ4n) is 2.35. The molecule has 1 unspecified atom stereocenters. The molecule has 2 rings (SSSR count). The number of carbonyl (C=O) groups excluding carboxylic acids is 1. The third-order valence-electron chi connectivity index (χ3n) is 3.27. The van der Waals surface area contributed by atoms with Crippen LogP contribution in [0, 0.1) is 5.92 Å². The highest BCUT2D eigenvalue weighted by Crippen LogP contribution is 2.25. The van der Waals surface area contributed by atoms with E-state index < -0.39 is 9.84 Å². The van der Waals surface area contributed by atoms with E-state index in [1.54, 1.807) is 4.90 Å². The number of nitrogen functional groups attached to an aromatic ring is 1. The highest BCUT2D eigenvalue weighted by atomic mass is 32.2. The molecule has 1 saturated heterocycles. The first-order valence-electron chi connectivity index (χ1n) is 6.98. The van der Waals surface area contributed by atoms with Crippen molar-refractivity contribution in [2.24, 2.45) is 5.92 Å². The van der Waals surface area contributed by atoms with Crippen molar-refractivity contribution in [2.45, 2.75) is 30.6 Å². The molecule has 0 spiro atoms. The van der Waals surface area contributed by atoms with Crippen LogP contribution in [0.2, 0.25) is 0 Å². The van der Waals surface area contributed by atoms with Gasteiger partial charge >= 0.3 is 0 Å². The monoisotopic (exact) mass is 364 g/mol. The molecule has 1 aliphatic heterocycles. The number of carbonyl (C=O) groups is 1. The number of hydrogen-bond donors (Lipinski definition) is 1. The van der Waals surface area contributed by atoms with Gasteiger partial charge in [-0.15, -0.1) is 10.2 Å². The summed E-state index contributed by atoms with van der Waals surface area (Å²) in [5.41, 5.74) is 5.51. The summed E-state index contributed by atoms with van der Waals surface area (Å²) in [5, 5.41) is 7.95. The second-order valence-electron chi connectivity index (χ2n) is 5.69. The summed E-state index contributed by atoms with van der Waals surface area (Å²) in [5.74, 6) is 0.684. The van der Waals surface area contributed by atoms with Gasteiger partial charge in [0.05, 0.1) is 17.3 Å². The van der Waals surface area contributed by atoms with Gasteiger partial charge in [-0.2, -0.15) is 0 Å². The molecule has 1 aromatic rings. The number of sulfone groups is 1. The van der Waals surface area contributed by atoms with Crippen LogP contribution in [0.1, 0.15) is 20.3 Å². The number of amides is 1. The molecule has 0 aliphatic carbocycles.